The molecule has 44 heavy (non-hydrogen) atoms. The zero-order chi connectivity index (χ0) is 31.4. The first kappa shape index (κ1) is 32.0. The molecule has 1 aliphatic rings. The van der Waals surface area contributed by atoms with Gasteiger partial charge in [-0.2, -0.15) is 5.10 Å². The van der Waals surface area contributed by atoms with E-state index in [1.807, 2.05) is 49.4 Å². The monoisotopic (exact) mass is 635 g/mol. The summed E-state index contributed by atoms with van der Waals surface area (Å²) in [4.78, 5) is 17.2. The van der Waals surface area contributed by atoms with Crippen LogP contribution in [0, 0.1) is 6.92 Å². The van der Waals surface area contributed by atoms with Crippen LogP contribution in [0.15, 0.2) is 66.7 Å². The van der Waals surface area contributed by atoms with Crippen LogP contribution in [0.5, 0.6) is 0 Å². The number of likely N-dealkylation sites (N-methyl/N-ethyl adjacent to an activating group) is 1. The predicted octanol–water partition coefficient (Wildman–Crippen LogP) is 7.23. The largest absolute Gasteiger partial charge is 0.449 e. The second kappa shape index (κ2) is 13.7. The number of para-hydroxylation sites is 1. The molecule has 0 spiro atoms. The fourth-order valence-electron chi connectivity index (χ4n) is 5.32. The highest BCUT2D eigenvalue weighted by Crippen LogP contribution is 2.37. The van der Waals surface area contributed by atoms with E-state index in [0.29, 0.717) is 33.7 Å². The topological polar surface area (TPSA) is 82.9 Å². The number of hydrogen-bond donors (Lipinski definition) is 2. The van der Waals surface area contributed by atoms with Gasteiger partial charge in [-0.1, -0.05) is 59.6 Å². The summed E-state index contributed by atoms with van der Waals surface area (Å²) in [6, 6.07) is 21.0. The average Bonchev–Trinajstić information content (AvgIpc) is 3.42. The summed E-state index contributed by atoms with van der Waals surface area (Å²) in [6.45, 7) is 11.0. The molecule has 4 aromatic rings. The maximum absolute atomic E-state index is 12.5. The van der Waals surface area contributed by atoms with Crippen molar-refractivity contribution in [1.82, 2.24) is 19.6 Å². The third-order valence-electron chi connectivity index (χ3n) is 7.88. The summed E-state index contributed by atoms with van der Waals surface area (Å²) in [6.07, 6.45) is 0.350. The lowest BCUT2D eigenvalue weighted by Gasteiger charge is -2.32. The first-order valence-electron chi connectivity index (χ1n) is 14.8. The number of ether oxygens (including phenoxy) is 1. The number of carbonyl (C=O) groups is 1. The fourth-order valence-corrected chi connectivity index (χ4v) is 5.88. The number of amides is 1. The lowest BCUT2D eigenvalue weighted by atomic mass is 9.97. The van der Waals surface area contributed by atoms with E-state index in [1.165, 1.54) is 0 Å². The van der Waals surface area contributed by atoms with E-state index in [0.717, 1.165) is 67.1 Å². The van der Waals surface area contributed by atoms with Gasteiger partial charge in [0.2, 0.25) is 0 Å². The van der Waals surface area contributed by atoms with Gasteiger partial charge >= 0.3 is 6.09 Å². The van der Waals surface area contributed by atoms with E-state index in [-0.39, 0.29) is 0 Å². The molecule has 1 aromatic heterocycles. The third kappa shape index (κ3) is 7.62. The minimum absolute atomic E-state index is 0.379. The van der Waals surface area contributed by atoms with E-state index in [4.69, 9.17) is 33.0 Å². The van der Waals surface area contributed by atoms with Crippen molar-refractivity contribution in [3.8, 4) is 28.1 Å². The zero-order valence-corrected chi connectivity index (χ0v) is 27.1. The third-order valence-corrected chi connectivity index (χ3v) is 8.49. The molecule has 232 valence electrons. The summed E-state index contributed by atoms with van der Waals surface area (Å²) in [5.41, 5.74) is 5.15. The molecule has 0 unspecified atom stereocenters. The van der Waals surface area contributed by atoms with Gasteiger partial charge in [0.1, 0.15) is 11.3 Å². The fraction of sp³-hybridized carbons (Fsp3) is 0.353. The van der Waals surface area contributed by atoms with Gasteiger partial charge in [0.05, 0.1) is 28.0 Å². The maximum atomic E-state index is 12.5. The standard InChI is InChI=1S/C34H39Cl2N5O3/c1-23-20-25(24-8-5-9-26(21-24)37-33(42)44-19-7-14-40-17-15-39(4)16-18-40)12-13-27(23)30-22-31(34(2,3)43)38-41(30)32-28(35)10-6-11-29(32)36/h5-6,8-13,20-22,43H,7,14-19H2,1-4H3,(H,37,42). The number of aryl methyl sites for hydroxylation is 1. The minimum Gasteiger partial charge on any atom is -0.449 e. The van der Waals surface area contributed by atoms with Crippen LogP contribution in [0.4, 0.5) is 10.5 Å². The molecule has 1 amide bonds. The maximum Gasteiger partial charge on any atom is 0.411 e. The molecule has 3 aromatic carbocycles. The summed E-state index contributed by atoms with van der Waals surface area (Å²) in [5.74, 6) is 0. The lowest BCUT2D eigenvalue weighted by Crippen LogP contribution is -2.44. The summed E-state index contributed by atoms with van der Waals surface area (Å²) < 4.78 is 7.14. The number of hydrogen-bond acceptors (Lipinski definition) is 6. The lowest BCUT2D eigenvalue weighted by molar-refractivity contribution is 0.0734. The highest BCUT2D eigenvalue weighted by Gasteiger charge is 2.25. The smallest absolute Gasteiger partial charge is 0.411 e. The number of halogens is 2. The van der Waals surface area contributed by atoms with E-state index in [1.54, 1.807) is 36.7 Å². The number of piperazine rings is 1. The zero-order valence-electron chi connectivity index (χ0n) is 25.6. The van der Waals surface area contributed by atoms with Crippen molar-refractivity contribution in [1.29, 1.82) is 0 Å². The van der Waals surface area contributed by atoms with Crippen LogP contribution in [0.3, 0.4) is 0 Å². The number of rotatable bonds is 9. The Balaban J connectivity index is 1.30. The first-order valence-corrected chi connectivity index (χ1v) is 15.6. The molecule has 0 aliphatic carbocycles. The molecule has 2 heterocycles. The molecule has 1 saturated heterocycles. The van der Waals surface area contributed by atoms with Crippen molar-refractivity contribution in [3.63, 3.8) is 0 Å². The Morgan fingerprint density at radius 2 is 1.66 bits per heavy atom. The number of aliphatic hydroxyl groups is 1. The van der Waals surface area contributed by atoms with Gasteiger partial charge in [-0.25, -0.2) is 9.48 Å². The Hall–Kier alpha value is -3.40. The van der Waals surface area contributed by atoms with Crippen molar-refractivity contribution in [3.05, 3.63) is 88.0 Å². The van der Waals surface area contributed by atoms with Crippen LogP contribution >= 0.6 is 23.2 Å². The van der Waals surface area contributed by atoms with E-state index < -0.39 is 11.7 Å². The van der Waals surface area contributed by atoms with Gasteiger partial charge < -0.3 is 19.6 Å². The van der Waals surface area contributed by atoms with Gasteiger partial charge in [-0.15, -0.1) is 0 Å². The molecule has 8 nitrogen and oxygen atoms in total. The summed E-state index contributed by atoms with van der Waals surface area (Å²) in [7, 11) is 2.14. The molecule has 1 fully saturated rings. The van der Waals surface area contributed by atoms with Crippen molar-refractivity contribution < 1.29 is 14.6 Å². The number of benzene rings is 3. The van der Waals surface area contributed by atoms with Crippen LogP contribution in [0.1, 0.15) is 31.5 Å². The molecule has 10 heteroatoms. The van der Waals surface area contributed by atoms with Crippen LogP contribution < -0.4 is 5.32 Å². The molecule has 0 radical (unpaired) electrons. The van der Waals surface area contributed by atoms with E-state index >= 15 is 0 Å². The van der Waals surface area contributed by atoms with Crippen molar-refractivity contribution in [2.24, 2.45) is 0 Å². The predicted molar refractivity (Wildman–Crippen MR) is 178 cm³/mol. The second-order valence-electron chi connectivity index (χ2n) is 11.8. The number of nitrogens with zero attached hydrogens (tertiary/aromatic N) is 4. The molecular weight excluding hydrogens is 597 g/mol. The Morgan fingerprint density at radius 3 is 2.34 bits per heavy atom. The van der Waals surface area contributed by atoms with Crippen LogP contribution in [0.25, 0.3) is 28.1 Å². The van der Waals surface area contributed by atoms with Gasteiger partial charge in [0.15, 0.2) is 0 Å². The number of aromatic nitrogens is 2. The van der Waals surface area contributed by atoms with Crippen LogP contribution in [0.2, 0.25) is 10.0 Å². The number of nitrogens with one attached hydrogen (secondary N) is 1. The minimum atomic E-state index is -1.17. The molecule has 0 saturated carbocycles. The average molecular weight is 637 g/mol. The van der Waals surface area contributed by atoms with Gasteiger partial charge in [0.25, 0.3) is 0 Å². The Kier molecular flexibility index (Phi) is 9.97. The van der Waals surface area contributed by atoms with E-state index in [2.05, 4.69) is 28.2 Å². The van der Waals surface area contributed by atoms with Crippen molar-refractivity contribution >= 4 is 35.0 Å². The quantitative estimate of drug-likeness (QED) is 0.189. The van der Waals surface area contributed by atoms with Gasteiger partial charge in [-0.3, -0.25) is 5.32 Å². The SMILES string of the molecule is Cc1cc(-c2cccc(NC(=O)OCCCN3CCN(C)CC3)c2)ccc1-c1cc(C(C)(C)O)nn1-c1c(Cl)cccc1Cl. The molecule has 0 bridgehead atoms. The van der Waals surface area contributed by atoms with Crippen LogP contribution in [-0.2, 0) is 10.3 Å². The number of anilines is 1. The molecule has 1 aliphatic heterocycles. The molecule has 5 rings (SSSR count). The Labute approximate surface area is 269 Å². The molecule has 2 N–H and O–H groups in total. The van der Waals surface area contributed by atoms with E-state index in [9.17, 15) is 9.90 Å². The molecule has 0 atom stereocenters. The summed E-state index contributed by atoms with van der Waals surface area (Å²) >= 11 is 13.1. The van der Waals surface area contributed by atoms with Crippen LogP contribution in [-0.4, -0.2) is 77.2 Å². The molecular formula is C34H39Cl2N5O3. The van der Waals surface area contributed by atoms with Crippen molar-refractivity contribution in [2.45, 2.75) is 32.8 Å². The van der Waals surface area contributed by atoms with Crippen molar-refractivity contribution in [2.75, 3.05) is 51.7 Å². The number of carbonyl (C=O) groups excluding carboxylic acids is 1. The second-order valence-corrected chi connectivity index (χ2v) is 12.6. The van der Waals surface area contributed by atoms with Gasteiger partial charge in [-0.05, 0) is 81.3 Å². The van der Waals surface area contributed by atoms with Gasteiger partial charge in [0, 0.05) is 44.0 Å². The summed E-state index contributed by atoms with van der Waals surface area (Å²) in [5, 5.41) is 19.2. The Bertz CT molecular complexity index is 1600. The first-order chi connectivity index (χ1) is 21.0. The highest BCUT2D eigenvalue weighted by atomic mass is 35.5. The Morgan fingerprint density at radius 1 is 0.977 bits per heavy atom. The highest BCUT2D eigenvalue weighted by molar-refractivity contribution is 6.37. The normalized spacial score (nSPS) is 14.5.